The molecule has 0 unspecified atom stereocenters. The van der Waals surface area contributed by atoms with Crippen LogP contribution in [0.4, 0.5) is 52.7 Å². The summed E-state index contributed by atoms with van der Waals surface area (Å²) >= 11 is 0. The molecule has 0 aliphatic heterocycles. The van der Waals surface area contributed by atoms with Crippen LogP contribution in [0.15, 0.2) is 25.3 Å². The third-order valence-corrected chi connectivity index (χ3v) is 3.13. The van der Waals surface area contributed by atoms with Crippen LogP contribution in [0.5, 0.6) is 0 Å². The van der Waals surface area contributed by atoms with Crippen molar-refractivity contribution in [3.8, 4) is 0 Å². The molecule has 0 heterocycles. The van der Waals surface area contributed by atoms with E-state index in [9.17, 15) is 57.5 Å². The molecule has 0 aromatic heterocycles. The lowest BCUT2D eigenvalue weighted by molar-refractivity contribution is -0.407. The van der Waals surface area contributed by atoms with E-state index in [-0.39, 0.29) is 4.90 Å². The van der Waals surface area contributed by atoms with Crippen LogP contribution in [0.25, 0.3) is 0 Å². The molecule has 1 amide bonds. The fraction of sp³-hybridized carbons (Fsp3) is 0.615. The van der Waals surface area contributed by atoms with Crippen molar-refractivity contribution in [3.05, 3.63) is 25.3 Å². The first-order chi connectivity index (χ1) is 11.9. The normalized spacial score (nSPS) is 14.3. The second-order valence-corrected chi connectivity index (χ2v) is 5.01. The van der Waals surface area contributed by atoms with Crippen LogP contribution >= 0.6 is 0 Å². The van der Waals surface area contributed by atoms with Crippen LogP contribution in [0.3, 0.4) is 0 Å². The van der Waals surface area contributed by atoms with Gasteiger partial charge in [-0.15, -0.1) is 13.2 Å². The monoisotopic (exact) mass is 425 g/mol. The predicted molar refractivity (Wildman–Crippen MR) is 67.7 cm³/mol. The summed E-state index contributed by atoms with van der Waals surface area (Å²) in [5, 5.41) is 0. The SMILES string of the molecule is C=CCN(CC=C)C(=O)C(F)(F)C(F)(F)C(F)(F)C(F)(F)C(F)(F)C(F)F. The molecule has 0 aliphatic rings. The molecule has 0 aromatic rings. The first-order valence-electron chi connectivity index (χ1n) is 6.56. The number of rotatable bonds is 10. The van der Waals surface area contributed by atoms with Gasteiger partial charge in [-0.05, 0) is 0 Å². The van der Waals surface area contributed by atoms with Gasteiger partial charge in [0.05, 0.1) is 0 Å². The van der Waals surface area contributed by atoms with Gasteiger partial charge in [-0.25, -0.2) is 8.78 Å². The highest BCUT2D eigenvalue weighted by atomic mass is 19.4. The Labute approximate surface area is 144 Å². The molecule has 2 nitrogen and oxygen atoms in total. The van der Waals surface area contributed by atoms with Gasteiger partial charge in [0.2, 0.25) is 0 Å². The van der Waals surface area contributed by atoms with Crippen LogP contribution in [0.2, 0.25) is 0 Å². The van der Waals surface area contributed by atoms with Crippen molar-refractivity contribution in [2.24, 2.45) is 0 Å². The standard InChI is InChI=1S/C13H11F12NO/c1-3-5-26(6-4-2)8(27)10(18,19)12(22,23)13(24,25)11(20,21)9(16,17)7(14)15/h3-4,7H,1-2,5-6H2. The van der Waals surface area contributed by atoms with Crippen LogP contribution in [-0.4, -0.2) is 59.9 Å². The fourth-order valence-electron chi connectivity index (χ4n) is 1.63. The zero-order valence-corrected chi connectivity index (χ0v) is 13.0. The second kappa shape index (κ2) is 7.62. The maximum atomic E-state index is 13.7. The minimum atomic E-state index is -7.74. The van der Waals surface area contributed by atoms with Crippen molar-refractivity contribution >= 4 is 5.91 Å². The maximum Gasteiger partial charge on any atom is 0.392 e. The van der Waals surface area contributed by atoms with Crippen molar-refractivity contribution in [3.63, 3.8) is 0 Å². The molecular formula is C13H11F12NO. The Morgan fingerprint density at radius 3 is 1.44 bits per heavy atom. The molecule has 0 aliphatic carbocycles. The quantitative estimate of drug-likeness (QED) is 0.369. The topological polar surface area (TPSA) is 20.3 Å². The summed E-state index contributed by atoms with van der Waals surface area (Å²) < 4.78 is 156. The number of carbonyl (C=O) groups is 1. The Kier molecular flexibility index (Phi) is 7.09. The van der Waals surface area contributed by atoms with Crippen molar-refractivity contribution in [2.75, 3.05) is 13.1 Å². The van der Waals surface area contributed by atoms with E-state index in [0.29, 0.717) is 12.2 Å². The summed E-state index contributed by atoms with van der Waals surface area (Å²) in [7, 11) is 0. The Bertz CT molecular complexity index is 562. The first kappa shape index (κ1) is 25.1. The number of hydrogen-bond acceptors (Lipinski definition) is 1. The van der Waals surface area contributed by atoms with Crippen molar-refractivity contribution in [2.45, 2.75) is 36.0 Å². The average Bonchev–Trinajstić information content (AvgIpc) is 2.52. The van der Waals surface area contributed by atoms with Gasteiger partial charge in [0, 0.05) is 13.1 Å². The molecule has 0 fully saturated rings. The van der Waals surface area contributed by atoms with E-state index in [1.807, 2.05) is 0 Å². The van der Waals surface area contributed by atoms with Gasteiger partial charge in [-0.1, -0.05) is 12.2 Å². The van der Waals surface area contributed by atoms with E-state index in [1.54, 1.807) is 0 Å². The van der Waals surface area contributed by atoms with E-state index in [0.717, 1.165) is 0 Å². The zero-order valence-electron chi connectivity index (χ0n) is 13.0. The summed E-state index contributed by atoms with van der Waals surface area (Å²) in [5.41, 5.74) is 0. The van der Waals surface area contributed by atoms with Gasteiger partial charge in [-0.2, -0.15) is 43.9 Å². The van der Waals surface area contributed by atoms with E-state index in [2.05, 4.69) is 13.2 Å². The third kappa shape index (κ3) is 3.74. The van der Waals surface area contributed by atoms with Gasteiger partial charge in [-0.3, -0.25) is 4.79 Å². The predicted octanol–water partition coefficient (Wildman–Crippen LogP) is 4.63. The summed E-state index contributed by atoms with van der Waals surface area (Å²) in [4.78, 5) is 11.2. The van der Waals surface area contributed by atoms with Gasteiger partial charge in [0.25, 0.3) is 5.91 Å². The van der Waals surface area contributed by atoms with E-state index in [4.69, 9.17) is 0 Å². The second-order valence-electron chi connectivity index (χ2n) is 5.01. The number of halogens is 12. The minimum absolute atomic E-state index is 0.284. The highest BCUT2D eigenvalue weighted by Gasteiger charge is 2.89. The highest BCUT2D eigenvalue weighted by Crippen LogP contribution is 2.58. The molecular weight excluding hydrogens is 414 g/mol. The lowest BCUT2D eigenvalue weighted by atomic mass is 9.93. The molecule has 0 spiro atoms. The van der Waals surface area contributed by atoms with Crippen molar-refractivity contribution in [1.82, 2.24) is 4.90 Å². The Hall–Kier alpha value is -1.89. The summed E-state index contributed by atoms with van der Waals surface area (Å²) in [6, 6.07) is 0. The maximum absolute atomic E-state index is 13.7. The summed E-state index contributed by atoms with van der Waals surface area (Å²) in [6.45, 7) is 3.94. The van der Waals surface area contributed by atoms with Gasteiger partial charge >= 0.3 is 36.0 Å². The van der Waals surface area contributed by atoms with Crippen molar-refractivity contribution in [1.29, 1.82) is 0 Å². The summed E-state index contributed by atoms with van der Waals surface area (Å²) in [6.07, 6.45) is -4.28. The average molecular weight is 425 g/mol. The molecule has 0 bridgehead atoms. The van der Waals surface area contributed by atoms with Crippen LogP contribution in [-0.2, 0) is 4.79 Å². The van der Waals surface area contributed by atoms with Crippen LogP contribution in [0.1, 0.15) is 0 Å². The minimum Gasteiger partial charge on any atom is -0.330 e. The largest absolute Gasteiger partial charge is 0.392 e. The summed E-state index contributed by atoms with van der Waals surface area (Å²) in [5.74, 6) is -39.8. The molecule has 0 radical (unpaired) electrons. The zero-order chi connectivity index (χ0) is 22.1. The number of carbonyl (C=O) groups excluding carboxylic acids is 1. The molecule has 0 saturated heterocycles. The molecule has 0 saturated carbocycles. The number of amides is 1. The van der Waals surface area contributed by atoms with E-state index in [1.165, 1.54) is 0 Å². The molecule has 0 atom stereocenters. The Morgan fingerprint density at radius 1 is 0.778 bits per heavy atom. The Morgan fingerprint density at radius 2 is 1.15 bits per heavy atom. The number of hydrogen-bond donors (Lipinski definition) is 0. The van der Waals surface area contributed by atoms with Gasteiger partial charge in [0.15, 0.2) is 0 Å². The Balaban J connectivity index is 6.30. The molecule has 0 aromatic carbocycles. The van der Waals surface area contributed by atoms with Crippen molar-refractivity contribution < 1.29 is 57.5 Å². The molecule has 27 heavy (non-hydrogen) atoms. The number of alkyl halides is 12. The van der Waals surface area contributed by atoms with Gasteiger partial charge in [0.1, 0.15) is 0 Å². The molecule has 0 rings (SSSR count). The molecule has 158 valence electrons. The molecule has 14 heteroatoms. The highest BCUT2D eigenvalue weighted by molar-refractivity contribution is 5.85. The third-order valence-electron chi connectivity index (χ3n) is 3.13. The smallest absolute Gasteiger partial charge is 0.330 e. The molecule has 0 N–H and O–H groups in total. The number of nitrogens with zero attached hydrogens (tertiary/aromatic N) is 1. The lowest BCUT2D eigenvalue weighted by Gasteiger charge is -2.39. The van der Waals surface area contributed by atoms with Crippen LogP contribution in [0, 0.1) is 0 Å². The van der Waals surface area contributed by atoms with E-state index < -0.39 is 55.0 Å². The first-order valence-corrected chi connectivity index (χ1v) is 6.56. The van der Waals surface area contributed by atoms with Crippen LogP contribution < -0.4 is 0 Å². The van der Waals surface area contributed by atoms with Gasteiger partial charge < -0.3 is 4.90 Å². The van der Waals surface area contributed by atoms with E-state index >= 15 is 0 Å². The lowest BCUT2D eigenvalue weighted by Crippen LogP contribution is -2.71. The fourth-order valence-corrected chi connectivity index (χ4v) is 1.63.